The van der Waals surface area contributed by atoms with Crippen molar-refractivity contribution in [3.05, 3.63) is 29.5 Å². The maximum Gasteiger partial charge on any atom is 0.341 e. The van der Waals surface area contributed by atoms with E-state index in [1.165, 1.54) is 10.6 Å². The standard InChI is InChI=1S/C16H19FN2O4.Li/c1-9(2)23-14-11(16(20)21)7-19-8-12(18-15(19)13(14)17)10-3-5-22-6-4-10;/h7-10H,3-6H2,1-2H3,(H,20,21);. The Morgan fingerprint density at radius 3 is 2.67 bits per heavy atom. The summed E-state index contributed by atoms with van der Waals surface area (Å²) in [6.07, 6.45) is 4.36. The summed E-state index contributed by atoms with van der Waals surface area (Å²) >= 11 is 0. The molecule has 24 heavy (non-hydrogen) atoms. The van der Waals surface area contributed by atoms with E-state index < -0.39 is 11.8 Å². The third-order valence-electron chi connectivity index (χ3n) is 3.88. The molecule has 0 unspecified atom stereocenters. The Bertz CT molecular complexity index is 741. The van der Waals surface area contributed by atoms with E-state index in [0.29, 0.717) is 13.2 Å². The van der Waals surface area contributed by atoms with Crippen molar-refractivity contribution in [3.8, 4) is 5.75 Å². The molecule has 0 spiro atoms. The van der Waals surface area contributed by atoms with E-state index in [4.69, 9.17) is 9.47 Å². The Kier molecular flexibility index (Phi) is 5.91. The molecule has 0 atom stereocenters. The zero-order chi connectivity index (χ0) is 16.6. The fourth-order valence-electron chi connectivity index (χ4n) is 2.78. The van der Waals surface area contributed by atoms with Crippen molar-refractivity contribution in [2.45, 2.75) is 38.7 Å². The van der Waals surface area contributed by atoms with Crippen molar-refractivity contribution in [1.29, 1.82) is 0 Å². The van der Waals surface area contributed by atoms with Gasteiger partial charge in [-0.3, -0.25) is 0 Å². The summed E-state index contributed by atoms with van der Waals surface area (Å²) < 4.78 is 26.9. The molecule has 125 valence electrons. The third-order valence-corrected chi connectivity index (χ3v) is 3.88. The number of halogens is 1. The largest absolute Gasteiger partial charge is 0.487 e. The second kappa shape index (κ2) is 7.56. The second-order valence-electron chi connectivity index (χ2n) is 5.94. The first-order valence-electron chi connectivity index (χ1n) is 7.66. The smallest absolute Gasteiger partial charge is 0.341 e. The number of pyridine rings is 1. The SMILES string of the molecule is CC(C)Oc1c(C(=O)O)cn2cc(C3CCOCC3)nc2c1F.[Li]. The number of carboxylic acid groups (broad SMARTS) is 1. The average Bonchev–Trinajstić information content (AvgIpc) is 2.94. The van der Waals surface area contributed by atoms with Gasteiger partial charge in [-0.25, -0.2) is 9.78 Å². The molecule has 3 heterocycles. The zero-order valence-corrected chi connectivity index (χ0v) is 14.1. The van der Waals surface area contributed by atoms with Gasteiger partial charge in [-0.05, 0) is 26.7 Å². The van der Waals surface area contributed by atoms with Gasteiger partial charge < -0.3 is 19.0 Å². The molecule has 0 bridgehead atoms. The van der Waals surface area contributed by atoms with Gasteiger partial charge in [0.25, 0.3) is 0 Å². The van der Waals surface area contributed by atoms with Crippen LogP contribution in [0, 0.1) is 5.82 Å². The van der Waals surface area contributed by atoms with Gasteiger partial charge in [-0.2, -0.15) is 4.39 Å². The molecule has 2 aromatic rings. The number of fused-ring (bicyclic) bond motifs is 1. The average molecular weight is 329 g/mol. The normalized spacial score (nSPS) is 15.5. The van der Waals surface area contributed by atoms with E-state index in [1.807, 2.05) is 0 Å². The van der Waals surface area contributed by atoms with Crippen LogP contribution >= 0.6 is 0 Å². The van der Waals surface area contributed by atoms with Gasteiger partial charge in [0.1, 0.15) is 5.56 Å². The molecule has 0 aromatic carbocycles. The van der Waals surface area contributed by atoms with Gasteiger partial charge in [-0.15, -0.1) is 0 Å². The first-order chi connectivity index (χ1) is 11.0. The molecule has 2 aromatic heterocycles. The van der Waals surface area contributed by atoms with Crippen molar-refractivity contribution in [3.63, 3.8) is 0 Å². The first-order valence-corrected chi connectivity index (χ1v) is 7.66. The van der Waals surface area contributed by atoms with Gasteiger partial charge in [-0.1, -0.05) is 0 Å². The molecule has 0 aliphatic carbocycles. The maximum atomic E-state index is 14.7. The number of imidazole rings is 1. The summed E-state index contributed by atoms with van der Waals surface area (Å²) in [4.78, 5) is 15.8. The van der Waals surface area contributed by atoms with Gasteiger partial charge in [0.2, 0.25) is 5.82 Å². The number of hydrogen-bond donors (Lipinski definition) is 1. The fourth-order valence-corrected chi connectivity index (χ4v) is 2.78. The van der Waals surface area contributed by atoms with Crippen LogP contribution in [0.15, 0.2) is 12.4 Å². The van der Waals surface area contributed by atoms with Crippen LogP contribution in [0.3, 0.4) is 0 Å². The number of nitrogens with zero attached hydrogens (tertiary/aromatic N) is 2. The Morgan fingerprint density at radius 1 is 1.42 bits per heavy atom. The molecule has 1 N–H and O–H groups in total. The number of rotatable bonds is 4. The summed E-state index contributed by atoms with van der Waals surface area (Å²) in [6.45, 7) is 4.74. The van der Waals surface area contributed by atoms with Crippen LogP contribution in [-0.4, -0.2) is 58.6 Å². The Morgan fingerprint density at radius 2 is 2.08 bits per heavy atom. The minimum Gasteiger partial charge on any atom is -0.487 e. The Hall–Kier alpha value is -1.55. The number of carbonyl (C=O) groups is 1. The van der Waals surface area contributed by atoms with Gasteiger partial charge in [0, 0.05) is 50.4 Å². The summed E-state index contributed by atoms with van der Waals surface area (Å²) in [5.74, 6) is -2.03. The molecule has 3 rings (SSSR count). The molecule has 1 fully saturated rings. The van der Waals surface area contributed by atoms with Crippen molar-refractivity contribution >= 4 is 30.5 Å². The molecule has 0 saturated carbocycles. The number of aromatic carboxylic acids is 1. The van der Waals surface area contributed by atoms with Crippen molar-refractivity contribution in [2.75, 3.05) is 13.2 Å². The minimum absolute atomic E-state index is 0. The van der Waals surface area contributed by atoms with E-state index in [1.54, 1.807) is 20.0 Å². The fraction of sp³-hybridized carbons (Fsp3) is 0.500. The van der Waals surface area contributed by atoms with Crippen LogP contribution in [0.5, 0.6) is 5.75 Å². The predicted octanol–water partition coefficient (Wildman–Crippen LogP) is 2.47. The first kappa shape index (κ1) is 18.8. The number of aromatic nitrogens is 2. The van der Waals surface area contributed by atoms with Crippen LogP contribution in [0.4, 0.5) is 4.39 Å². The zero-order valence-electron chi connectivity index (χ0n) is 14.1. The van der Waals surface area contributed by atoms with Crippen LogP contribution in [0.25, 0.3) is 5.65 Å². The molecule has 1 aliphatic heterocycles. The van der Waals surface area contributed by atoms with Crippen LogP contribution in [0.2, 0.25) is 0 Å². The maximum absolute atomic E-state index is 14.7. The summed E-state index contributed by atoms with van der Waals surface area (Å²) in [7, 11) is 0. The van der Waals surface area contributed by atoms with E-state index in [-0.39, 0.29) is 47.8 Å². The van der Waals surface area contributed by atoms with Crippen LogP contribution in [-0.2, 0) is 4.74 Å². The number of carboxylic acids is 1. The van der Waals surface area contributed by atoms with E-state index in [0.717, 1.165) is 18.5 Å². The Labute approximate surface area is 151 Å². The summed E-state index contributed by atoms with van der Waals surface area (Å²) in [5.41, 5.74) is 0.636. The van der Waals surface area contributed by atoms with Crippen LogP contribution < -0.4 is 4.74 Å². The molecule has 1 saturated heterocycles. The summed E-state index contributed by atoms with van der Waals surface area (Å²) in [6, 6.07) is 0. The monoisotopic (exact) mass is 329 g/mol. The summed E-state index contributed by atoms with van der Waals surface area (Å²) in [5, 5.41) is 9.32. The van der Waals surface area contributed by atoms with Gasteiger partial charge in [0.15, 0.2) is 11.4 Å². The van der Waals surface area contributed by atoms with Gasteiger partial charge in [0.05, 0.1) is 11.8 Å². The molecule has 8 heteroatoms. The molecule has 1 radical (unpaired) electrons. The molecule has 6 nitrogen and oxygen atoms in total. The quantitative estimate of drug-likeness (QED) is 0.873. The van der Waals surface area contributed by atoms with E-state index in [2.05, 4.69) is 4.98 Å². The number of hydrogen-bond acceptors (Lipinski definition) is 4. The minimum atomic E-state index is -1.23. The number of ether oxygens (including phenoxy) is 2. The van der Waals surface area contributed by atoms with E-state index in [9.17, 15) is 14.3 Å². The molecule has 0 amide bonds. The van der Waals surface area contributed by atoms with Crippen molar-refractivity contribution < 1.29 is 23.8 Å². The predicted molar refractivity (Wildman–Crippen MR) is 86.4 cm³/mol. The van der Waals surface area contributed by atoms with Gasteiger partial charge >= 0.3 is 5.97 Å². The topological polar surface area (TPSA) is 73.1 Å². The van der Waals surface area contributed by atoms with Crippen molar-refractivity contribution in [1.82, 2.24) is 9.38 Å². The molecule has 1 aliphatic rings. The molecular weight excluding hydrogens is 310 g/mol. The second-order valence-corrected chi connectivity index (χ2v) is 5.94. The van der Waals surface area contributed by atoms with E-state index >= 15 is 0 Å². The third kappa shape index (κ3) is 3.58. The molecular formula is C16H19FLiN2O4. The van der Waals surface area contributed by atoms with Crippen LogP contribution in [0.1, 0.15) is 48.7 Å². The Balaban J connectivity index is 0.00000208. The van der Waals surface area contributed by atoms with Crippen molar-refractivity contribution in [2.24, 2.45) is 0 Å².